The molecule has 1 aromatic heterocycles. The minimum atomic E-state index is 0.0153. The zero-order valence-electron chi connectivity index (χ0n) is 14.2. The van der Waals surface area contributed by atoms with Gasteiger partial charge in [0.25, 0.3) is 0 Å². The van der Waals surface area contributed by atoms with Crippen molar-refractivity contribution >= 4 is 27.2 Å². The highest BCUT2D eigenvalue weighted by Gasteiger charge is 2.20. The lowest BCUT2D eigenvalue weighted by Crippen LogP contribution is -2.05. The molecule has 0 atom stereocenters. The molecule has 3 heteroatoms. The number of ketones is 1. The predicted octanol–water partition coefficient (Wildman–Crippen LogP) is 5.75. The summed E-state index contributed by atoms with van der Waals surface area (Å²) in [6.45, 7) is 0.541. The van der Waals surface area contributed by atoms with Crippen molar-refractivity contribution in [3.05, 3.63) is 101 Å². The van der Waals surface area contributed by atoms with Gasteiger partial charge in [0.2, 0.25) is 5.78 Å². The normalized spacial score (nSPS) is 10.8. The van der Waals surface area contributed by atoms with E-state index >= 15 is 0 Å². The smallest absolute Gasteiger partial charge is 0.206 e. The van der Waals surface area contributed by atoms with E-state index < -0.39 is 0 Å². The number of hydrogen-bond acceptors (Lipinski definition) is 3. The van der Waals surface area contributed by atoms with Crippen molar-refractivity contribution in [3.8, 4) is 5.75 Å². The summed E-state index contributed by atoms with van der Waals surface area (Å²) < 4.78 is 7.20. The number of thiophene rings is 1. The SMILES string of the molecule is O=C(c1ccccc1)c1sc2ccccc2c1OCCc1ccccc1. The first-order chi connectivity index (χ1) is 12.8. The minimum absolute atomic E-state index is 0.0153. The van der Waals surface area contributed by atoms with E-state index in [1.165, 1.54) is 16.9 Å². The van der Waals surface area contributed by atoms with E-state index in [-0.39, 0.29) is 5.78 Å². The molecule has 0 fully saturated rings. The molecule has 0 radical (unpaired) electrons. The van der Waals surface area contributed by atoms with Crippen molar-refractivity contribution in [2.75, 3.05) is 6.61 Å². The van der Waals surface area contributed by atoms with Gasteiger partial charge in [0.1, 0.15) is 10.6 Å². The first-order valence-corrected chi connectivity index (χ1v) is 9.42. The average molecular weight is 358 g/mol. The summed E-state index contributed by atoms with van der Waals surface area (Å²) in [7, 11) is 0. The van der Waals surface area contributed by atoms with Gasteiger partial charge in [0, 0.05) is 22.1 Å². The molecule has 0 aliphatic carbocycles. The van der Waals surface area contributed by atoms with Gasteiger partial charge in [-0.05, 0) is 17.7 Å². The van der Waals surface area contributed by atoms with Crippen molar-refractivity contribution in [3.63, 3.8) is 0 Å². The maximum atomic E-state index is 13.0. The number of carbonyl (C=O) groups is 1. The molecule has 0 bridgehead atoms. The van der Waals surface area contributed by atoms with Crippen LogP contribution in [0.15, 0.2) is 84.9 Å². The van der Waals surface area contributed by atoms with E-state index in [0.717, 1.165) is 16.5 Å². The standard InChI is InChI=1S/C23H18O2S/c24-21(18-11-5-2-6-12-18)23-22(19-13-7-8-14-20(19)26-23)25-16-15-17-9-3-1-4-10-17/h1-14H,15-16H2. The summed E-state index contributed by atoms with van der Waals surface area (Å²) in [5, 5.41) is 1.00. The molecule has 0 aliphatic heterocycles. The van der Waals surface area contributed by atoms with Crippen molar-refractivity contribution in [1.82, 2.24) is 0 Å². The molecule has 0 N–H and O–H groups in total. The maximum absolute atomic E-state index is 13.0. The van der Waals surface area contributed by atoms with E-state index in [1.54, 1.807) is 0 Å². The third kappa shape index (κ3) is 3.39. The van der Waals surface area contributed by atoms with Gasteiger partial charge in [0.15, 0.2) is 0 Å². The molecule has 0 amide bonds. The van der Waals surface area contributed by atoms with Gasteiger partial charge in [-0.15, -0.1) is 11.3 Å². The van der Waals surface area contributed by atoms with Gasteiger partial charge in [-0.1, -0.05) is 72.8 Å². The molecule has 4 aromatic rings. The molecule has 2 nitrogen and oxygen atoms in total. The second-order valence-electron chi connectivity index (χ2n) is 6.04. The fourth-order valence-corrected chi connectivity index (χ4v) is 4.06. The Hall–Kier alpha value is -2.91. The second kappa shape index (κ2) is 7.54. The van der Waals surface area contributed by atoms with Gasteiger partial charge in [-0.2, -0.15) is 0 Å². The number of benzene rings is 3. The van der Waals surface area contributed by atoms with Crippen LogP contribution in [0.25, 0.3) is 10.1 Å². The summed E-state index contributed by atoms with van der Waals surface area (Å²) in [6, 6.07) is 27.6. The molecule has 0 saturated heterocycles. The Morgan fingerprint density at radius 2 is 1.46 bits per heavy atom. The Morgan fingerprint density at radius 3 is 2.23 bits per heavy atom. The Morgan fingerprint density at radius 1 is 0.808 bits per heavy atom. The molecule has 1 heterocycles. The average Bonchev–Trinajstić information content (AvgIpc) is 3.08. The molecule has 4 rings (SSSR count). The topological polar surface area (TPSA) is 26.3 Å². The molecule has 0 saturated carbocycles. The van der Waals surface area contributed by atoms with E-state index in [1.807, 2.05) is 72.8 Å². The van der Waals surface area contributed by atoms with Crippen LogP contribution < -0.4 is 4.74 Å². The monoisotopic (exact) mass is 358 g/mol. The number of carbonyl (C=O) groups excluding carboxylic acids is 1. The zero-order chi connectivity index (χ0) is 17.8. The molecular formula is C23H18O2S. The van der Waals surface area contributed by atoms with E-state index in [9.17, 15) is 4.79 Å². The fraction of sp³-hybridized carbons (Fsp3) is 0.0870. The molecule has 0 aliphatic rings. The quantitative estimate of drug-likeness (QED) is 0.410. The largest absolute Gasteiger partial charge is 0.491 e. The zero-order valence-corrected chi connectivity index (χ0v) is 15.0. The van der Waals surface area contributed by atoms with E-state index in [2.05, 4.69) is 12.1 Å². The first-order valence-electron chi connectivity index (χ1n) is 8.61. The predicted molar refractivity (Wildman–Crippen MR) is 107 cm³/mol. The highest BCUT2D eigenvalue weighted by atomic mass is 32.1. The van der Waals surface area contributed by atoms with Crippen molar-refractivity contribution in [1.29, 1.82) is 0 Å². The van der Waals surface area contributed by atoms with Crippen LogP contribution >= 0.6 is 11.3 Å². The summed E-state index contributed by atoms with van der Waals surface area (Å²) in [6.07, 6.45) is 0.810. The van der Waals surface area contributed by atoms with Crippen LogP contribution in [0.1, 0.15) is 20.8 Å². The van der Waals surface area contributed by atoms with Crippen LogP contribution in [-0.4, -0.2) is 12.4 Å². The van der Waals surface area contributed by atoms with Crippen LogP contribution in [0, 0.1) is 0 Å². The van der Waals surface area contributed by atoms with E-state index in [0.29, 0.717) is 22.8 Å². The molecule has 0 spiro atoms. The molecule has 0 unspecified atom stereocenters. The molecule has 26 heavy (non-hydrogen) atoms. The van der Waals surface area contributed by atoms with Crippen LogP contribution in [0.5, 0.6) is 5.75 Å². The third-order valence-electron chi connectivity index (χ3n) is 4.27. The number of rotatable bonds is 6. The van der Waals surface area contributed by atoms with Crippen molar-refractivity contribution in [2.24, 2.45) is 0 Å². The number of ether oxygens (including phenoxy) is 1. The van der Waals surface area contributed by atoms with Gasteiger partial charge in [-0.25, -0.2) is 0 Å². The van der Waals surface area contributed by atoms with Crippen LogP contribution in [0.3, 0.4) is 0 Å². The lowest BCUT2D eigenvalue weighted by molar-refractivity contribution is 0.103. The molecular weight excluding hydrogens is 340 g/mol. The minimum Gasteiger partial charge on any atom is -0.491 e. The Kier molecular flexibility index (Phi) is 4.80. The lowest BCUT2D eigenvalue weighted by Gasteiger charge is -2.08. The molecule has 3 aromatic carbocycles. The third-order valence-corrected chi connectivity index (χ3v) is 5.42. The van der Waals surface area contributed by atoms with Crippen molar-refractivity contribution in [2.45, 2.75) is 6.42 Å². The van der Waals surface area contributed by atoms with Crippen LogP contribution in [0.2, 0.25) is 0 Å². The van der Waals surface area contributed by atoms with Gasteiger partial charge in [0.05, 0.1) is 6.61 Å². The van der Waals surface area contributed by atoms with Crippen molar-refractivity contribution < 1.29 is 9.53 Å². The fourth-order valence-electron chi connectivity index (χ4n) is 2.95. The summed E-state index contributed by atoms with van der Waals surface area (Å²) in [5.41, 5.74) is 1.91. The summed E-state index contributed by atoms with van der Waals surface area (Å²) in [4.78, 5) is 13.7. The van der Waals surface area contributed by atoms with Gasteiger partial charge in [-0.3, -0.25) is 4.79 Å². The maximum Gasteiger partial charge on any atom is 0.206 e. The summed E-state index contributed by atoms with van der Waals surface area (Å²) >= 11 is 1.50. The van der Waals surface area contributed by atoms with Gasteiger partial charge < -0.3 is 4.74 Å². The molecule has 128 valence electrons. The Labute approximate surface area is 156 Å². The van der Waals surface area contributed by atoms with E-state index in [4.69, 9.17) is 4.74 Å². The van der Waals surface area contributed by atoms with Crippen LogP contribution in [0.4, 0.5) is 0 Å². The number of hydrogen-bond donors (Lipinski definition) is 0. The first kappa shape index (κ1) is 16.6. The number of fused-ring (bicyclic) bond motifs is 1. The highest BCUT2D eigenvalue weighted by Crippen LogP contribution is 2.39. The summed E-state index contributed by atoms with van der Waals surface area (Å²) in [5.74, 6) is 0.719. The Bertz CT molecular complexity index is 1020. The van der Waals surface area contributed by atoms with Crippen LogP contribution in [-0.2, 0) is 6.42 Å². The van der Waals surface area contributed by atoms with Gasteiger partial charge >= 0.3 is 0 Å². The highest BCUT2D eigenvalue weighted by molar-refractivity contribution is 7.21. The Balaban J connectivity index is 1.65. The second-order valence-corrected chi connectivity index (χ2v) is 7.09. The lowest BCUT2D eigenvalue weighted by atomic mass is 10.1.